The fourth-order valence-electron chi connectivity index (χ4n) is 2.81. The molecule has 0 heterocycles. The second kappa shape index (κ2) is 9.65. The minimum Gasteiger partial charge on any atom is -0.392 e. The minimum atomic E-state index is -0.496. The molecule has 0 aliphatic rings. The van der Waals surface area contributed by atoms with Gasteiger partial charge in [0.25, 0.3) is 0 Å². The quantitative estimate of drug-likeness (QED) is 0.247. The van der Waals surface area contributed by atoms with Crippen LogP contribution >= 0.6 is 0 Å². The van der Waals surface area contributed by atoms with Gasteiger partial charge in [0.1, 0.15) is 37.9 Å². The van der Waals surface area contributed by atoms with E-state index >= 15 is 0 Å². The summed E-state index contributed by atoms with van der Waals surface area (Å²) in [7, 11) is 0. The summed E-state index contributed by atoms with van der Waals surface area (Å²) in [4.78, 5) is 0. The lowest BCUT2D eigenvalue weighted by molar-refractivity contribution is -0.934. The number of aliphatic hydroxyl groups is 4. The Kier molecular flexibility index (Phi) is 9.54. The van der Waals surface area contributed by atoms with Crippen molar-refractivity contribution in [3.63, 3.8) is 0 Å². The molecular weight excluding hydrogens is 260 g/mol. The van der Waals surface area contributed by atoms with Crippen molar-refractivity contribution in [2.45, 2.75) is 52.1 Å². The van der Waals surface area contributed by atoms with Gasteiger partial charge in [0.2, 0.25) is 0 Å². The normalized spacial score (nSPS) is 21.0. The molecule has 0 aromatic carbocycles. The van der Waals surface area contributed by atoms with E-state index in [1.54, 1.807) is 27.7 Å². The molecule has 0 spiro atoms. The van der Waals surface area contributed by atoms with Crippen LogP contribution in [0.2, 0.25) is 0 Å². The Morgan fingerprint density at radius 3 is 1.45 bits per heavy atom. The maximum atomic E-state index is 9.72. The predicted octanol–water partition coefficient (Wildman–Crippen LogP) is -1.08. The SMILES string of the molecule is CC(O)CNCC[N+](CC(C)O)(CC(C)O)CC(C)O. The van der Waals surface area contributed by atoms with Crippen LogP contribution in [0.5, 0.6) is 0 Å². The molecule has 0 aromatic heterocycles. The summed E-state index contributed by atoms with van der Waals surface area (Å²) in [5.74, 6) is 0. The largest absolute Gasteiger partial charge is 0.392 e. The maximum Gasteiger partial charge on any atom is 0.105 e. The van der Waals surface area contributed by atoms with Crippen molar-refractivity contribution in [2.24, 2.45) is 0 Å². The highest BCUT2D eigenvalue weighted by molar-refractivity contribution is 4.60. The van der Waals surface area contributed by atoms with Crippen molar-refractivity contribution in [3.05, 3.63) is 0 Å². The van der Waals surface area contributed by atoms with Gasteiger partial charge in [-0.2, -0.15) is 0 Å². The molecule has 122 valence electrons. The third-order valence-electron chi connectivity index (χ3n) is 3.16. The predicted molar refractivity (Wildman–Crippen MR) is 79.3 cm³/mol. The number of hydrogen-bond acceptors (Lipinski definition) is 5. The van der Waals surface area contributed by atoms with Crippen LogP contribution in [-0.4, -0.2) is 88.6 Å². The third-order valence-corrected chi connectivity index (χ3v) is 3.16. The summed E-state index contributed by atoms with van der Waals surface area (Å²) in [5, 5.41) is 41.5. The number of quaternary nitrogens is 1. The van der Waals surface area contributed by atoms with Crippen molar-refractivity contribution in [1.82, 2.24) is 5.32 Å². The Labute approximate surface area is 122 Å². The summed E-state index contributed by atoms with van der Waals surface area (Å²) in [5.41, 5.74) is 0. The Bertz CT molecular complexity index is 219. The standard InChI is InChI=1S/C14H33N2O4/c1-11(17)7-15-5-6-16(8-12(2)18,9-13(3)19)10-14(4)20/h11-15,17-20H,5-10H2,1-4H3/q+1. The molecule has 6 heteroatoms. The summed E-state index contributed by atoms with van der Waals surface area (Å²) in [6.07, 6.45) is -1.89. The van der Waals surface area contributed by atoms with E-state index in [0.29, 0.717) is 43.8 Å². The van der Waals surface area contributed by atoms with Gasteiger partial charge >= 0.3 is 0 Å². The molecule has 0 radical (unpaired) electrons. The van der Waals surface area contributed by atoms with Gasteiger partial charge in [0.15, 0.2) is 0 Å². The smallest absolute Gasteiger partial charge is 0.105 e. The van der Waals surface area contributed by atoms with Gasteiger partial charge in [-0.05, 0) is 27.7 Å². The minimum absolute atomic E-state index is 0.401. The molecule has 0 bridgehead atoms. The van der Waals surface area contributed by atoms with Gasteiger partial charge in [0.05, 0.1) is 12.6 Å². The van der Waals surface area contributed by atoms with E-state index in [1.165, 1.54) is 0 Å². The van der Waals surface area contributed by atoms with Crippen LogP contribution in [0.25, 0.3) is 0 Å². The van der Waals surface area contributed by atoms with E-state index in [2.05, 4.69) is 5.32 Å². The van der Waals surface area contributed by atoms with Crippen molar-refractivity contribution >= 4 is 0 Å². The van der Waals surface area contributed by atoms with Crippen LogP contribution in [0, 0.1) is 0 Å². The van der Waals surface area contributed by atoms with Crippen LogP contribution in [0.1, 0.15) is 27.7 Å². The van der Waals surface area contributed by atoms with Crippen molar-refractivity contribution < 1.29 is 24.9 Å². The van der Waals surface area contributed by atoms with Crippen molar-refractivity contribution in [2.75, 3.05) is 39.3 Å². The molecule has 5 N–H and O–H groups in total. The number of aliphatic hydroxyl groups excluding tert-OH is 4. The highest BCUT2D eigenvalue weighted by Gasteiger charge is 2.32. The average molecular weight is 293 g/mol. The first-order valence-corrected chi connectivity index (χ1v) is 7.45. The zero-order valence-corrected chi connectivity index (χ0v) is 13.3. The maximum absolute atomic E-state index is 9.72. The Morgan fingerprint density at radius 1 is 0.750 bits per heavy atom. The molecule has 0 aliphatic carbocycles. The molecule has 0 amide bonds. The molecule has 0 rings (SSSR count). The first-order valence-electron chi connectivity index (χ1n) is 7.45. The molecule has 4 unspecified atom stereocenters. The average Bonchev–Trinajstić information content (AvgIpc) is 2.20. The molecule has 0 aliphatic heterocycles. The third kappa shape index (κ3) is 9.63. The van der Waals surface area contributed by atoms with Crippen LogP contribution in [0.15, 0.2) is 0 Å². The molecule has 0 aromatic rings. The molecule has 4 atom stereocenters. The second-order valence-corrected chi connectivity index (χ2v) is 6.21. The van der Waals surface area contributed by atoms with Gasteiger partial charge in [-0.3, -0.25) is 0 Å². The second-order valence-electron chi connectivity index (χ2n) is 6.21. The molecule has 20 heavy (non-hydrogen) atoms. The fraction of sp³-hybridized carbons (Fsp3) is 1.00. The lowest BCUT2D eigenvalue weighted by Crippen LogP contribution is -2.60. The van der Waals surface area contributed by atoms with Crippen LogP contribution < -0.4 is 5.32 Å². The lowest BCUT2D eigenvalue weighted by Gasteiger charge is -2.41. The van der Waals surface area contributed by atoms with E-state index in [-0.39, 0.29) is 0 Å². The van der Waals surface area contributed by atoms with Gasteiger partial charge in [0, 0.05) is 13.1 Å². The Hall–Kier alpha value is -0.240. The van der Waals surface area contributed by atoms with Crippen LogP contribution in [0.3, 0.4) is 0 Å². The fourth-order valence-corrected chi connectivity index (χ4v) is 2.81. The van der Waals surface area contributed by atoms with E-state index in [0.717, 1.165) is 0 Å². The van der Waals surface area contributed by atoms with Gasteiger partial charge < -0.3 is 30.2 Å². The molecule has 0 saturated carbocycles. The number of nitrogens with one attached hydrogen (secondary N) is 1. The number of hydrogen-bond donors (Lipinski definition) is 5. The summed E-state index contributed by atoms with van der Waals surface area (Å²) in [6.45, 7) is 10.2. The van der Waals surface area contributed by atoms with E-state index < -0.39 is 24.4 Å². The molecule has 0 saturated heterocycles. The molecule has 0 fully saturated rings. The Morgan fingerprint density at radius 2 is 1.15 bits per heavy atom. The highest BCUT2D eigenvalue weighted by Crippen LogP contribution is 2.12. The topological polar surface area (TPSA) is 93.0 Å². The van der Waals surface area contributed by atoms with Crippen LogP contribution in [0.4, 0.5) is 0 Å². The van der Waals surface area contributed by atoms with Crippen molar-refractivity contribution in [1.29, 1.82) is 0 Å². The van der Waals surface area contributed by atoms with Gasteiger partial charge in [-0.25, -0.2) is 0 Å². The monoisotopic (exact) mass is 293 g/mol. The lowest BCUT2D eigenvalue weighted by atomic mass is 10.2. The van der Waals surface area contributed by atoms with E-state index in [1.807, 2.05) is 0 Å². The zero-order chi connectivity index (χ0) is 15.8. The van der Waals surface area contributed by atoms with E-state index in [4.69, 9.17) is 0 Å². The van der Waals surface area contributed by atoms with E-state index in [9.17, 15) is 20.4 Å². The Balaban J connectivity index is 4.68. The number of nitrogens with zero attached hydrogens (tertiary/aromatic N) is 1. The van der Waals surface area contributed by atoms with Gasteiger partial charge in [-0.15, -0.1) is 0 Å². The van der Waals surface area contributed by atoms with Crippen molar-refractivity contribution in [3.8, 4) is 0 Å². The number of rotatable bonds is 11. The van der Waals surface area contributed by atoms with Crippen LogP contribution in [-0.2, 0) is 0 Å². The zero-order valence-electron chi connectivity index (χ0n) is 13.3. The first kappa shape index (κ1) is 19.8. The summed E-state index contributed by atoms with van der Waals surface area (Å²) in [6, 6.07) is 0. The highest BCUT2D eigenvalue weighted by atomic mass is 16.3. The first-order chi connectivity index (χ1) is 9.17. The van der Waals surface area contributed by atoms with Gasteiger partial charge in [-0.1, -0.05) is 0 Å². The summed E-state index contributed by atoms with van der Waals surface area (Å²) >= 11 is 0. The molecule has 6 nitrogen and oxygen atoms in total. The molecular formula is C14H33N2O4+. The summed E-state index contributed by atoms with van der Waals surface area (Å²) < 4.78 is 0.458.